The Balaban J connectivity index is 2.12. The third-order valence-electron chi connectivity index (χ3n) is 3.41. The number of amides is 1. The summed E-state index contributed by atoms with van der Waals surface area (Å²) >= 11 is 5.94. The number of hydrogen-bond acceptors (Lipinski definition) is 4. The fraction of sp³-hybridized carbons (Fsp3) is 0.571. The van der Waals surface area contributed by atoms with Crippen molar-refractivity contribution in [1.82, 2.24) is 9.88 Å². The summed E-state index contributed by atoms with van der Waals surface area (Å²) in [6.07, 6.45) is 2.24. The van der Waals surface area contributed by atoms with Crippen LogP contribution in [0.25, 0.3) is 0 Å². The van der Waals surface area contributed by atoms with Crippen molar-refractivity contribution in [3.05, 3.63) is 22.8 Å². The predicted octanol–water partition coefficient (Wildman–Crippen LogP) is 2.42. The molecule has 1 aromatic heterocycles. The van der Waals surface area contributed by atoms with Gasteiger partial charge in [-0.2, -0.15) is 0 Å². The lowest BCUT2D eigenvalue weighted by atomic mass is 10.2. The lowest BCUT2D eigenvalue weighted by molar-refractivity contribution is 0.0539. The molecule has 1 amide bonds. The number of aromatic nitrogens is 1. The molecule has 1 fully saturated rings. The molecular formula is C14H20ClN3O2. The summed E-state index contributed by atoms with van der Waals surface area (Å²) in [6.45, 7) is 4.04. The van der Waals surface area contributed by atoms with E-state index in [2.05, 4.69) is 10.3 Å². The lowest BCUT2D eigenvalue weighted by Crippen LogP contribution is -2.37. The molecule has 0 bridgehead atoms. The Kier molecular flexibility index (Phi) is 5.20. The second-order valence-corrected chi connectivity index (χ2v) is 5.18. The molecule has 0 radical (unpaired) electrons. The number of anilines is 1. The minimum Gasteiger partial charge on any atom is -0.376 e. The zero-order chi connectivity index (χ0) is 14.5. The predicted molar refractivity (Wildman–Crippen MR) is 79.3 cm³/mol. The van der Waals surface area contributed by atoms with Crippen molar-refractivity contribution >= 4 is 23.3 Å². The molecule has 1 unspecified atom stereocenters. The summed E-state index contributed by atoms with van der Waals surface area (Å²) in [5.74, 6) is 0.554. The molecular weight excluding hydrogens is 278 g/mol. The van der Waals surface area contributed by atoms with Crippen molar-refractivity contribution in [1.29, 1.82) is 0 Å². The number of halogens is 1. The highest BCUT2D eigenvalue weighted by Gasteiger charge is 2.23. The van der Waals surface area contributed by atoms with E-state index in [-0.39, 0.29) is 12.0 Å². The van der Waals surface area contributed by atoms with Gasteiger partial charge in [-0.15, -0.1) is 0 Å². The van der Waals surface area contributed by atoms with Gasteiger partial charge in [0, 0.05) is 32.3 Å². The van der Waals surface area contributed by atoms with Crippen molar-refractivity contribution in [2.75, 3.05) is 32.1 Å². The van der Waals surface area contributed by atoms with E-state index in [0.717, 1.165) is 19.4 Å². The largest absolute Gasteiger partial charge is 0.376 e. The molecule has 0 aliphatic carbocycles. The number of nitrogens with zero attached hydrogens (tertiary/aromatic N) is 2. The van der Waals surface area contributed by atoms with Crippen LogP contribution in [0.15, 0.2) is 12.1 Å². The highest BCUT2D eigenvalue weighted by molar-refractivity contribution is 6.29. The van der Waals surface area contributed by atoms with Crippen molar-refractivity contribution < 1.29 is 9.53 Å². The van der Waals surface area contributed by atoms with Crippen molar-refractivity contribution in [3.63, 3.8) is 0 Å². The van der Waals surface area contributed by atoms with Crippen molar-refractivity contribution in [2.45, 2.75) is 25.9 Å². The Morgan fingerprint density at radius 3 is 3.00 bits per heavy atom. The van der Waals surface area contributed by atoms with Crippen LogP contribution in [-0.2, 0) is 4.74 Å². The maximum Gasteiger partial charge on any atom is 0.254 e. The second-order valence-electron chi connectivity index (χ2n) is 4.79. The third kappa shape index (κ3) is 3.61. The maximum atomic E-state index is 12.5. The minimum atomic E-state index is -0.0381. The SMILES string of the molecule is CCN(CC1CCCO1)C(=O)c1cc(Cl)nc(NC)c1. The smallest absolute Gasteiger partial charge is 0.254 e. The molecule has 5 nitrogen and oxygen atoms in total. The first-order valence-electron chi connectivity index (χ1n) is 6.90. The van der Waals surface area contributed by atoms with E-state index in [1.165, 1.54) is 0 Å². The quantitative estimate of drug-likeness (QED) is 0.848. The van der Waals surface area contributed by atoms with Gasteiger partial charge in [0.1, 0.15) is 11.0 Å². The monoisotopic (exact) mass is 297 g/mol. The molecule has 1 N–H and O–H groups in total. The second kappa shape index (κ2) is 6.90. The lowest BCUT2D eigenvalue weighted by Gasteiger charge is -2.24. The first-order chi connectivity index (χ1) is 9.63. The van der Waals surface area contributed by atoms with E-state index in [0.29, 0.717) is 29.6 Å². The Morgan fingerprint density at radius 2 is 2.40 bits per heavy atom. The van der Waals surface area contributed by atoms with E-state index >= 15 is 0 Å². The topological polar surface area (TPSA) is 54.5 Å². The molecule has 6 heteroatoms. The molecule has 20 heavy (non-hydrogen) atoms. The van der Waals surface area contributed by atoms with Crippen LogP contribution in [0.5, 0.6) is 0 Å². The van der Waals surface area contributed by atoms with Gasteiger partial charge >= 0.3 is 0 Å². The number of ether oxygens (including phenoxy) is 1. The summed E-state index contributed by atoms with van der Waals surface area (Å²) in [7, 11) is 1.75. The first kappa shape index (κ1) is 15.1. The number of hydrogen-bond donors (Lipinski definition) is 1. The van der Waals surface area contributed by atoms with Gasteiger partial charge in [-0.3, -0.25) is 4.79 Å². The van der Waals surface area contributed by atoms with Gasteiger partial charge in [-0.05, 0) is 31.9 Å². The Bertz CT molecular complexity index is 475. The molecule has 1 saturated heterocycles. The first-order valence-corrected chi connectivity index (χ1v) is 7.28. The van der Waals surface area contributed by atoms with Gasteiger partial charge in [0.05, 0.1) is 6.10 Å². The summed E-state index contributed by atoms with van der Waals surface area (Å²) in [6, 6.07) is 3.31. The van der Waals surface area contributed by atoms with E-state index < -0.39 is 0 Å². The number of rotatable bonds is 5. The van der Waals surface area contributed by atoms with Crippen LogP contribution in [0.3, 0.4) is 0 Å². The minimum absolute atomic E-state index is 0.0381. The number of likely N-dealkylation sites (N-methyl/N-ethyl adjacent to an activating group) is 1. The van der Waals surface area contributed by atoms with Crippen LogP contribution in [0.1, 0.15) is 30.1 Å². The highest BCUT2D eigenvalue weighted by Crippen LogP contribution is 2.18. The average molecular weight is 298 g/mol. The van der Waals surface area contributed by atoms with E-state index in [4.69, 9.17) is 16.3 Å². The molecule has 0 spiro atoms. The molecule has 1 atom stereocenters. The van der Waals surface area contributed by atoms with Gasteiger partial charge < -0.3 is 15.0 Å². The Hall–Kier alpha value is -1.33. The highest BCUT2D eigenvalue weighted by atomic mass is 35.5. The van der Waals surface area contributed by atoms with Gasteiger partial charge in [-0.25, -0.2) is 4.98 Å². The van der Waals surface area contributed by atoms with E-state index in [1.54, 1.807) is 24.1 Å². The van der Waals surface area contributed by atoms with Crippen LogP contribution in [0.2, 0.25) is 5.15 Å². The molecule has 2 rings (SSSR count). The maximum absolute atomic E-state index is 12.5. The van der Waals surface area contributed by atoms with Crippen LogP contribution in [-0.4, -0.2) is 48.6 Å². The number of nitrogens with one attached hydrogen (secondary N) is 1. The summed E-state index contributed by atoms with van der Waals surface area (Å²) < 4.78 is 5.60. The summed E-state index contributed by atoms with van der Waals surface area (Å²) in [4.78, 5) is 18.4. The Morgan fingerprint density at radius 1 is 1.60 bits per heavy atom. The van der Waals surface area contributed by atoms with Crippen LogP contribution >= 0.6 is 11.6 Å². The Labute approximate surface area is 124 Å². The third-order valence-corrected chi connectivity index (χ3v) is 3.61. The molecule has 1 aliphatic rings. The molecule has 0 aromatic carbocycles. The van der Waals surface area contributed by atoms with Crippen LogP contribution < -0.4 is 5.32 Å². The number of carbonyl (C=O) groups excluding carboxylic acids is 1. The van der Waals surface area contributed by atoms with Gasteiger partial charge in [0.2, 0.25) is 0 Å². The molecule has 2 heterocycles. The van der Waals surface area contributed by atoms with E-state index in [9.17, 15) is 4.79 Å². The van der Waals surface area contributed by atoms with Crippen LogP contribution in [0, 0.1) is 0 Å². The van der Waals surface area contributed by atoms with Gasteiger partial charge in [0.25, 0.3) is 5.91 Å². The average Bonchev–Trinajstić information content (AvgIpc) is 2.96. The van der Waals surface area contributed by atoms with Crippen molar-refractivity contribution in [2.24, 2.45) is 0 Å². The summed E-state index contributed by atoms with van der Waals surface area (Å²) in [5, 5.41) is 3.22. The zero-order valence-corrected chi connectivity index (χ0v) is 12.6. The molecule has 1 aromatic rings. The van der Waals surface area contributed by atoms with Gasteiger partial charge in [0.15, 0.2) is 0 Å². The normalized spacial score (nSPS) is 18.1. The van der Waals surface area contributed by atoms with Crippen LogP contribution in [0.4, 0.5) is 5.82 Å². The van der Waals surface area contributed by atoms with Gasteiger partial charge in [-0.1, -0.05) is 11.6 Å². The number of pyridine rings is 1. The molecule has 0 saturated carbocycles. The van der Waals surface area contributed by atoms with E-state index in [1.807, 2.05) is 6.92 Å². The summed E-state index contributed by atoms with van der Waals surface area (Å²) in [5.41, 5.74) is 0.550. The molecule has 1 aliphatic heterocycles. The fourth-order valence-electron chi connectivity index (χ4n) is 2.32. The fourth-order valence-corrected chi connectivity index (χ4v) is 2.53. The molecule has 110 valence electrons. The zero-order valence-electron chi connectivity index (χ0n) is 11.9. The standard InChI is InChI=1S/C14H20ClN3O2/c1-3-18(9-11-5-4-6-20-11)14(19)10-7-12(15)17-13(8-10)16-2/h7-8,11H,3-6,9H2,1-2H3,(H,16,17). The number of carbonyl (C=O) groups is 1. The van der Waals surface area contributed by atoms with Crippen molar-refractivity contribution in [3.8, 4) is 0 Å².